The van der Waals surface area contributed by atoms with Crippen LogP contribution in [-0.2, 0) is 16.0 Å². The van der Waals surface area contributed by atoms with Crippen LogP contribution in [-0.4, -0.2) is 25.0 Å². The Labute approximate surface area is 157 Å². The van der Waals surface area contributed by atoms with Crippen molar-refractivity contribution in [1.82, 2.24) is 0 Å². The highest BCUT2D eigenvalue weighted by Gasteiger charge is 2.61. The number of fused-ring (bicyclic) bond motifs is 1. The number of carbonyl (C=O) groups excluding carboxylic acids is 2. The van der Waals surface area contributed by atoms with Crippen molar-refractivity contribution in [2.24, 2.45) is 23.2 Å². The molecule has 2 unspecified atom stereocenters. The topological polar surface area (TPSA) is 67.4 Å². The molecule has 2 N–H and O–H groups in total. The summed E-state index contributed by atoms with van der Waals surface area (Å²) in [6.07, 6.45) is 7.70. The number of nitrogens with one attached hydrogen (secondary N) is 2. The molecule has 5 nitrogen and oxygen atoms in total. The van der Waals surface area contributed by atoms with Gasteiger partial charge in [0.15, 0.2) is 0 Å². The van der Waals surface area contributed by atoms with Gasteiger partial charge in [-0.1, -0.05) is 11.3 Å². The maximum atomic E-state index is 13.4. The second kappa shape index (κ2) is 5.98. The van der Waals surface area contributed by atoms with E-state index in [2.05, 4.69) is 10.6 Å². The average molecular weight is 375 g/mol. The fraction of sp³-hybridized carbons (Fsp3) is 0.700. The zero-order valence-corrected chi connectivity index (χ0v) is 16.0. The molecule has 140 valence electrons. The van der Waals surface area contributed by atoms with E-state index in [1.54, 1.807) is 0 Å². The van der Waals surface area contributed by atoms with E-state index < -0.39 is 0 Å². The Morgan fingerprint density at radius 3 is 2.77 bits per heavy atom. The van der Waals surface area contributed by atoms with Crippen LogP contribution in [0.1, 0.15) is 61.4 Å². The van der Waals surface area contributed by atoms with Gasteiger partial charge in [0.05, 0.1) is 22.6 Å². The zero-order valence-electron chi connectivity index (χ0n) is 15.2. The van der Waals surface area contributed by atoms with Crippen LogP contribution in [0.4, 0.5) is 10.0 Å². The molecular formula is C20H26N2O3S. The normalized spacial score (nSPS) is 33.7. The lowest BCUT2D eigenvalue weighted by Crippen LogP contribution is -2.37. The van der Waals surface area contributed by atoms with Gasteiger partial charge in [-0.05, 0) is 69.6 Å². The minimum absolute atomic E-state index is 0.149. The molecule has 0 spiro atoms. The summed E-state index contributed by atoms with van der Waals surface area (Å²) in [5.74, 6) is 1.86. The highest BCUT2D eigenvalue weighted by atomic mass is 32.1. The zero-order chi connectivity index (χ0) is 17.9. The summed E-state index contributed by atoms with van der Waals surface area (Å²) < 4.78 is 5.30. The molecule has 4 aliphatic carbocycles. The van der Waals surface area contributed by atoms with Crippen molar-refractivity contribution in [2.75, 3.05) is 23.8 Å². The van der Waals surface area contributed by atoms with Gasteiger partial charge in [0.25, 0.3) is 0 Å². The molecule has 4 saturated carbocycles. The van der Waals surface area contributed by atoms with E-state index in [-0.39, 0.29) is 17.3 Å². The Kier molecular flexibility index (Phi) is 3.82. The Hall–Kier alpha value is -1.56. The summed E-state index contributed by atoms with van der Waals surface area (Å²) in [6, 6.07) is 0. The Balaban J connectivity index is 1.46. The van der Waals surface area contributed by atoms with Crippen molar-refractivity contribution in [3.8, 4) is 0 Å². The van der Waals surface area contributed by atoms with Gasteiger partial charge in [-0.15, -0.1) is 0 Å². The third-order valence-electron chi connectivity index (χ3n) is 7.04. The molecule has 2 atom stereocenters. The molecule has 6 rings (SSSR count). The van der Waals surface area contributed by atoms with Crippen LogP contribution in [0.3, 0.4) is 0 Å². The lowest BCUT2D eigenvalue weighted by molar-refractivity contribution is -0.127. The van der Waals surface area contributed by atoms with Crippen molar-refractivity contribution in [1.29, 1.82) is 0 Å². The first-order valence-corrected chi connectivity index (χ1v) is 10.8. The van der Waals surface area contributed by atoms with Gasteiger partial charge in [-0.2, -0.15) is 0 Å². The average Bonchev–Trinajstić information content (AvgIpc) is 3.19. The van der Waals surface area contributed by atoms with E-state index in [1.165, 1.54) is 30.6 Å². The lowest BCUT2D eigenvalue weighted by atomic mass is 9.75. The smallest absolute Gasteiger partial charge is 0.341 e. The third-order valence-corrected chi connectivity index (χ3v) is 8.15. The van der Waals surface area contributed by atoms with Crippen molar-refractivity contribution >= 4 is 33.2 Å². The van der Waals surface area contributed by atoms with Gasteiger partial charge in [-0.25, -0.2) is 4.79 Å². The molecule has 0 aromatic carbocycles. The van der Waals surface area contributed by atoms with E-state index >= 15 is 0 Å². The maximum absolute atomic E-state index is 13.4. The van der Waals surface area contributed by atoms with E-state index in [0.29, 0.717) is 23.1 Å². The summed E-state index contributed by atoms with van der Waals surface area (Å²) in [5, 5.41) is 8.28. The van der Waals surface area contributed by atoms with E-state index in [0.717, 1.165) is 54.6 Å². The van der Waals surface area contributed by atoms with Crippen LogP contribution in [0.5, 0.6) is 0 Å². The first-order chi connectivity index (χ1) is 12.6. The van der Waals surface area contributed by atoms with Crippen molar-refractivity contribution in [2.45, 2.75) is 51.9 Å². The fourth-order valence-corrected chi connectivity index (χ4v) is 7.37. The Bertz CT molecular complexity index is 757. The minimum atomic E-state index is -0.307. The summed E-state index contributed by atoms with van der Waals surface area (Å²) >= 11 is 1.50. The van der Waals surface area contributed by atoms with Crippen molar-refractivity contribution < 1.29 is 14.3 Å². The molecule has 2 heterocycles. The molecule has 1 aromatic rings. The molecule has 26 heavy (non-hydrogen) atoms. The Morgan fingerprint density at radius 2 is 2.04 bits per heavy atom. The largest absolute Gasteiger partial charge is 0.462 e. The second-order valence-electron chi connectivity index (χ2n) is 8.52. The maximum Gasteiger partial charge on any atom is 0.341 e. The van der Waals surface area contributed by atoms with Crippen LogP contribution in [0.2, 0.25) is 0 Å². The van der Waals surface area contributed by atoms with Crippen molar-refractivity contribution in [3.63, 3.8) is 0 Å². The molecule has 4 fully saturated rings. The number of hydrogen-bond acceptors (Lipinski definition) is 5. The fourth-order valence-electron chi connectivity index (χ4n) is 6.22. The van der Waals surface area contributed by atoms with E-state index in [9.17, 15) is 9.59 Å². The van der Waals surface area contributed by atoms with Gasteiger partial charge >= 0.3 is 5.97 Å². The lowest BCUT2D eigenvalue weighted by Gasteiger charge is -2.31. The van der Waals surface area contributed by atoms with Crippen LogP contribution in [0.15, 0.2) is 0 Å². The van der Waals surface area contributed by atoms with Gasteiger partial charge in [0.1, 0.15) is 5.00 Å². The SMILES string of the molecule is CCOC(=O)c1c(NC(=O)C23CC4CC(CC2C4)C3)sc2c1CCCN2. The number of hydrogen-bond donors (Lipinski definition) is 2. The summed E-state index contributed by atoms with van der Waals surface area (Å²) in [6.45, 7) is 3.08. The summed E-state index contributed by atoms with van der Waals surface area (Å²) in [7, 11) is 0. The van der Waals surface area contributed by atoms with Crippen LogP contribution in [0.25, 0.3) is 0 Å². The second-order valence-corrected chi connectivity index (χ2v) is 9.54. The number of ether oxygens (including phenoxy) is 1. The number of rotatable bonds is 4. The standard InChI is InChI=1S/C20H26N2O3S/c1-2-25-18(23)15-14-4-3-5-21-16(14)26-17(15)22-19(24)20-9-11-6-12(10-20)8-13(20)7-11/h11-13,21H,2-10H2,1H3,(H,22,24). The highest BCUT2D eigenvalue weighted by Crippen LogP contribution is 2.65. The summed E-state index contributed by atoms with van der Waals surface area (Å²) in [5.41, 5.74) is 1.42. The van der Waals surface area contributed by atoms with Crippen LogP contribution >= 0.6 is 11.3 Å². The van der Waals surface area contributed by atoms with Gasteiger partial charge < -0.3 is 15.4 Å². The number of anilines is 2. The molecule has 0 radical (unpaired) electrons. The van der Waals surface area contributed by atoms with Crippen LogP contribution in [0, 0.1) is 23.2 Å². The van der Waals surface area contributed by atoms with Crippen LogP contribution < -0.4 is 10.6 Å². The molecule has 6 heteroatoms. The first-order valence-electron chi connectivity index (χ1n) is 9.99. The number of esters is 1. The quantitative estimate of drug-likeness (QED) is 0.780. The molecule has 1 aliphatic heterocycles. The summed E-state index contributed by atoms with van der Waals surface area (Å²) in [4.78, 5) is 25.9. The molecule has 1 aromatic heterocycles. The van der Waals surface area contributed by atoms with E-state index in [1.807, 2.05) is 6.92 Å². The molecule has 1 amide bonds. The third kappa shape index (κ3) is 2.34. The molecule has 4 bridgehead atoms. The van der Waals surface area contributed by atoms with Gasteiger partial charge in [0.2, 0.25) is 5.91 Å². The van der Waals surface area contributed by atoms with E-state index in [4.69, 9.17) is 4.74 Å². The monoisotopic (exact) mass is 374 g/mol. The van der Waals surface area contributed by atoms with Crippen molar-refractivity contribution in [3.05, 3.63) is 11.1 Å². The molecule has 0 saturated heterocycles. The predicted octanol–water partition coefficient (Wildman–Crippen LogP) is 4.05. The minimum Gasteiger partial charge on any atom is -0.462 e. The van der Waals surface area contributed by atoms with Gasteiger partial charge in [-0.3, -0.25) is 4.79 Å². The first kappa shape index (κ1) is 16.6. The predicted molar refractivity (Wildman–Crippen MR) is 102 cm³/mol. The number of thiophene rings is 1. The molecule has 5 aliphatic rings. The molecular weight excluding hydrogens is 348 g/mol. The highest BCUT2D eigenvalue weighted by molar-refractivity contribution is 7.20. The van der Waals surface area contributed by atoms with Gasteiger partial charge in [0, 0.05) is 12.1 Å². The number of amides is 1. The Morgan fingerprint density at radius 1 is 1.27 bits per heavy atom. The number of carbonyl (C=O) groups is 2.